The van der Waals surface area contributed by atoms with Crippen molar-refractivity contribution in [2.24, 2.45) is 11.3 Å². The quantitative estimate of drug-likeness (QED) is 0.629. The first-order valence-corrected chi connectivity index (χ1v) is 7.67. The highest BCUT2D eigenvalue weighted by Gasteiger charge is 2.31. The number of carbonyl (C=O) groups is 3. The summed E-state index contributed by atoms with van der Waals surface area (Å²) in [5.74, 6) is -1.02. The lowest BCUT2D eigenvalue weighted by Gasteiger charge is -2.23. The Morgan fingerprint density at radius 1 is 1.19 bits per heavy atom. The van der Waals surface area contributed by atoms with Gasteiger partial charge in [0.2, 0.25) is 11.8 Å². The standard InChI is InChI=1S/C15H26N2O4/c1-3-15(2,14(20)21)10-17-12(18)8-9-16-13(19)11-6-4-5-7-11/h11H,3-10H2,1-2H3,(H,16,19)(H,17,18)(H,20,21). The normalized spacial score (nSPS) is 18.0. The van der Waals surface area contributed by atoms with Crippen molar-refractivity contribution in [2.45, 2.75) is 52.4 Å². The fourth-order valence-corrected chi connectivity index (χ4v) is 2.37. The summed E-state index contributed by atoms with van der Waals surface area (Å²) >= 11 is 0. The zero-order valence-electron chi connectivity index (χ0n) is 12.9. The zero-order chi connectivity index (χ0) is 15.9. The Morgan fingerprint density at radius 3 is 2.33 bits per heavy atom. The maximum Gasteiger partial charge on any atom is 0.311 e. The van der Waals surface area contributed by atoms with Gasteiger partial charge in [-0.1, -0.05) is 19.8 Å². The van der Waals surface area contributed by atoms with E-state index in [1.807, 2.05) is 0 Å². The van der Waals surface area contributed by atoms with Crippen molar-refractivity contribution >= 4 is 17.8 Å². The van der Waals surface area contributed by atoms with Crippen molar-refractivity contribution in [2.75, 3.05) is 13.1 Å². The van der Waals surface area contributed by atoms with Crippen molar-refractivity contribution in [1.82, 2.24) is 10.6 Å². The number of hydrogen-bond acceptors (Lipinski definition) is 3. The van der Waals surface area contributed by atoms with Crippen LogP contribution >= 0.6 is 0 Å². The largest absolute Gasteiger partial charge is 0.481 e. The Kier molecular flexibility index (Phi) is 6.65. The molecular formula is C15H26N2O4. The summed E-state index contributed by atoms with van der Waals surface area (Å²) in [4.78, 5) is 34.5. The summed E-state index contributed by atoms with van der Waals surface area (Å²) in [6.07, 6.45) is 4.70. The SMILES string of the molecule is CCC(C)(CNC(=O)CCNC(=O)C1CCCC1)C(=O)O. The van der Waals surface area contributed by atoms with Crippen LogP contribution in [0.2, 0.25) is 0 Å². The smallest absolute Gasteiger partial charge is 0.311 e. The predicted molar refractivity (Wildman–Crippen MR) is 78.6 cm³/mol. The summed E-state index contributed by atoms with van der Waals surface area (Å²) in [7, 11) is 0. The molecule has 1 unspecified atom stereocenters. The number of carbonyl (C=O) groups excluding carboxylic acids is 2. The van der Waals surface area contributed by atoms with Crippen LogP contribution in [-0.2, 0) is 14.4 Å². The molecule has 1 fully saturated rings. The number of amides is 2. The van der Waals surface area contributed by atoms with Crippen molar-refractivity contribution in [3.63, 3.8) is 0 Å². The third-order valence-electron chi connectivity index (χ3n) is 4.35. The van der Waals surface area contributed by atoms with Crippen LogP contribution in [-0.4, -0.2) is 36.0 Å². The third kappa shape index (κ3) is 5.36. The average Bonchev–Trinajstić information content (AvgIpc) is 2.98. The van der Waals surface area contributed by atoms with Gasteiger partial charge in [-0.2, -0.15) is 0 Å². The molecule has 0 aromatic carbocycles. The molecular weight excluding hydrogens is 272 g/mol. The van der Waals surface area contributed by atoms with Crippen LogP contribution in [0.1, 0.15) is 52.4 Å². The second-order valence-corrected chi connectivity index (χ2v) is 6.02. The predicted octanol–water partition coefficient (Wildman–Crippen LogP) is 1.30. The van der Waals surface area contributed by atoms with E-state index in [1.165, 1.54) is 0 Å². The second-order valence-electron chi connectivity index (χ2n) is 6.02. The van der Waals surface area contributed by atoms with E-state index in [1.54, 1.807) is 13.8 Å². The molecule has 0 heterocycles. The zero-order valence-corrected chi connectivity index (χ0v) is 12.9. The van der Waals surface area contributed by atoms with Gasteiger partial charge in [0.25, 0.3) is 0 Å². The van der Waals surface area contributed by atoms with Gasteiger partial charge in [-0.25, -0.2) is 0 Å². The van der Waals surface area contributed by atoms with Crippen LogP contribution in [0.15, 0.2) is 0 Å². The molecule has 1 atom stereocenters. The minimum Gasteiger partial charge on any atom is -0.481 e. The van der Waals surface area contributed by atoms with Crippen LogP contribution in [0.4, 0.5) is 0 Å². The van der Waals surface area contributed by atoms with Crippen LogP contribution < -0.4 is 10.6 Å². The molecule has 0 aromatic heterocycles. The lowest BCUT2D eigenvalue weighted by molar-refractivity contribution is -0.148. The molecule has 1 aliphatic carbocycles. The maximum absolute atomic E-state index is 11.8. The van der Waals surface area contributed by atoms with E-state index < -0.39 is 11.4 Å². The number of carboxylic acid groups (broad SMARTS) is 1. The number of aliphatic carboxylic acids is 1. The van der Waals surface area contributed by atoms with Gasteiger partial charge in [0.05, 0.1) is 5.41 Å². The average molecular weight is 298 g/mol. The number of rotatable bonds is 8. The van der Waals surface area contributed by atoms with Crippen molar-refractivity contribution in [1.29, 1.82) is 0 Å². The third-order valence-corrected chi connectivity index (χ3v) is 4.35. The van der Waals surface area contributed by atoms with Gasteiger partial charge in [-0.15, -0.1) is 0 Å². The van der Waals surface area contributed by atoms with Crippen molar-refractivity contribution in [3.8, 4) is 0 Å². The molecule has 3 N–H and O–H groups in total. The van der Waals surface area contributed by atoms with Gasteiger partial charge in [-0.3, -0.25) is 14.4 Å². The van der Waals surface area contributed by atoms with E-state index in [2.05, 4.69) is 10.6 Å². The monoisotopic (exact) mass is 298 g/mol. The molecule has 0 spiro atoms. The lowest BCUT2D eigenvalue weighted by atomic mass is 9.88. The van der Waals surface area contributed by atoms with Crippen LogP contribution in [0, 0.1) is 11.3 Å². The summed E-state index contributed by atoms with van der Waals surface area (Å²) in [5, 5.41) is 14.5. The van der Waals surface area contributed by atoms with E-state index in [9.17, 15) is 14.4 Å². The topological polar surface area (TPSA) is 95.5 Å². The van der Waals surface area contributed by atoms with E-state index in [-0.39, 0.29) is 30.7 Å². The molecule has 0 aromatic rings. The fraction of sp³-hybridized carbons (Fsp3) is 0.800. The van der Waals surface area contributed by atoms with Gasteiger partial charge in [0.1, 0.15) is 0 Å². The number of nitrogens with one attached hydrogen (secondary N) is 2. The first-order valence-electron chi connectivity index (χ1n) is 7.67. The Balaban J connectivity index is 2.22. The van der Waals surface area contributed by atoms with Gasteiger partial charge in [0, 0.05) is 25.4 Å². The minimum absolute atomic E-state index is 0.0317. The highest BCUT2D eigenvalue weighted by molar-refractivity contribution is 5.81. The summed E-state index contributed by atoms with van der Waals surface area (Å²) in [6, 6.07) is 0. The first kappa shape index (κ1) is 17.5. The second kappa shape index (κ2) is 8.00. The molecule has 1 aliphatic rings. The molecule has 21 heavy (non-hydrogen) atoms. The van der Waals surface area contributed by atoms with Crippen LogP contribution in [0.25, 0.3) is 0 Å². The van der Waals surface area contributed by atoms with Gasteiger partial charge in [0.15, 0.2) is 0 Å². The molecule has 120 valence electrons. The molecule has 6 nitrogen and oxygen atoms in total. The van der Waals surface area contributed by atoms with Crippen LogP contribution in [0.5, 0.6) is 0 Å². The summed E-state index contributed by atoms with van der Waals surface area (Å²) in [5.41, 5.74) is -0.942. The van der Waals surface area contributed by atoms with Gasteiger partial charge >= 0.3 is 5.97 Å². The van der Waals surface area contributed by atoms with E-state index >= 15 is 0 Å². The van der Waals surface area contributed by atoms with Gasteiger partial charge < -0.3 is 15.7 Å². The Hall–Kier alpha value is -1.59. The Morgan fingerprint density at radius 2 is 1.81 bits per heavy atom. The maximum atomic E-state index is 11.8. The van der Waals surface area contributed by atoms with E-state index in [0.29, 0.717) is 13.0 Å². The van der Waals surface area contributed by atoms with E-state index in [0.717, 1.165) is 25.7 Å². The van der Waals surface area contributed by atoms with Crippen molar-refractivity contribution in [3.05, 3.63) is 0 Å². The highest BCUT2D eigenvalue weighted by atomic mass is 16.4. The molecule has 0 aliphatic heterocycles. The molecule has 0 radical (unpaired) electrons. The molecule has 1 rings (SSSR count). The molecule has 6 heteroatoms. The molecule has 2 amide bonds. The summed E-state index contributed by atoms with van der Waals surface area (Å²) in [6.45, 7) is 3.80. The first-order chi connectivity index (χ1) is 9.89. The highest BCUT2D eigenvalue weighted by Crippen LogP contribution is 2.24. The Labute approximate surface area is 125 Å². The van der Waals surface area contributed by atoms with Crippen molar-refractivity contribution < 1.29 is 19.5 Å². The number of carboxylic acids is 1. The fourth-order valence-electron chi connectivity index (χ4n) is 2.37. The summed E-state index contributed by atoms with van der Waals surface area (Å²) < 4.78 is 0. The number of hydrogen-bond donors (Lipinski definition) is 3. The lowest BCUT2D eigenvalue weighted by Crippen LogP contribution is -2.41. The minimum atomic E-state index is -0.942. The molecule has 0 saturated heterocycles. The van der Waals surface area contributed by atoms with Gasteiger partial charge in [-0.05, 0) is 26.2 Å². The van der Waals surface area contributed by atoms with Crippen LogP contribution in [0.3, 0.4) is 0 Å². The van der Waals surface area contributed by atoms with E-state index in [4.69, 9.17) is 5.11 Å². The Bertz CT molecular complexity index is 391. The molecule has 1 saturated carbocycles. The molecule has 0 bridgehead atoms.